The molecule has 0 bridgehead atoms. The zero-order valence-electron chi connectivity index (χ0n) is 10.7. The Balaban J connectivity index is 1.77. The summed E-state index contributed by atoms with van der Waals surface area (Å²) in [5, 5.41) is 1.09. The summed E-state index contributed by atoms with van der Waals surface area (Å²) in [7, 11) is 0. The van der Waals surface area contributed by atoms with Crippen molar-refractivity contribution < 1.29 is 9.53 Å². The van der Waals surface area contributed by atoms with Crippen LogP contribution in [0.3, 0.4) is 0 Å². The summed E-state index contributed by atoms with van der Waals surface area (Å²) in [4.78, 5) is 15.7. The van der Waals surface area contributed by atoms with Gasteiger partial charge in [0.1, 0.15) is 6.10 Å². The molecular formula is C17H13NO2. The minimum atomic E-state index is -0.207. The van der Waals surface area contributed by atoms with Crippen LogP contribution in [-0.2, 0) is 9.53 Å². The number of allylic oxidation sites excluding steroid dienone is 3. The van der Waals surface area contributed by atoms with Crippen LogP contribution in [0.1, 0.15) is 5.56 Å². The number of carbonyl (C=O) groups is 1. The minimum absolute atomic E-state index is 0.122. The molecule has 20 heavy (non-hydrogen) atoms. The van der Waals surface area contributed by atoms with Crippen LogP contribution in [0.5, 0.6) is 0 Å². The Morgan fingerprint density at radius 1 is 1.10 bits per heavy atom. The van der Waals surface area contributed by atoms with Crippen LogP contribution in [0.15, 0.2) is 61.0 Å². The summed E-state index contributed by atoms with van der Waals surface area (Å²) in [5.74, 6) is -0.0846. The third-order valence-corrected chi connectivity index (χ3v) is 3.86. The van der Waals surface area contributed by atoms with Gasteiger partial charge in [-0.25, -0.2) is 0 Å². The number of hydrogen-bond acceptors (Lipinski definition) is 2. The molecule has 0 radical (unpaired) electrons. The molecule has 2 aromatic rings. The molecule has 2 heterocycles. The van der Waals surface area contributed by atoms with E-state index >= 15 is 0 Å². The largest absolute Gasteiger partial charge is 0.492 e. The van der Waals surface area contributed by atoms with E-state index in [1.165, 1.54) is 0 Å². The quantitative estimate of drug-likeness (QED) is 0.858. The van der Waals surface area contributed by atoms with Gasteiger partial charge in [-0.15, -0.1) is 0 Å². The maximum Gasteiger partial charge on any atom is 0.177 e. The molecule has 2 unspecified atom stereocenters. The Kier molecular flexibility index (Phi) is 2.39. The van der Waals surface area contributed by atoms with Crippen LogP contribution in [0.2, 0.25) is 0 Å². The summed E-state index contributed by atoms with van der Waals surface area (Å²) in [5.41, 5.74) is 2.62. The lowest BCUT2D eigenvalue weighted by Crippen LogP contribution is -2.32. The fourth-order valence-electron chi connectivity index (χ4n) is 2.77. The molecular weight excluding hydrogens is 250 g/mol. The average Bonchev–Trinajstić information content (AvgIpc) is 2.95. The normalized spacial score (nSPS) is 24.4. The second kappa shape index (κ2) is 4.23. The van der Waals surface area contributed by atoms with Crippen LogP contribution < -0.4 is 0 Å². The molecule has 0 saturated carbocycles. The van der Waals surface area contributed by atoms with Crippen molar-refractivity contribution in [2.75, 3.05) is 0 Å². The number of H-pyrrole nitrogens is 1. The summed E-state index contributed by atoms with van der Waals surface area (Å²) in [6.45, 7) is 0. The van der Waals surface area contributed by atoms with Gasteiger partial charge in [0.25, 0.3) is 0 Å². The molecule has 0 fully saturated rings. The summed E-state index contributed by atoms with van der Waals surface area (Å²) in [6.07, 6.45) is 11.0. The Morgan fingerprint density at radius 3 is 2.95 bits per heavy atom. The molecule has 1 aliphatic carbocycles. The van der Waals surface area contributed by atoms with Gasteiger partial charge >= 0.3 is 0 Å². The van der Waals surface area contributed by atoms with E-state index in [0.29, 0.717) is 5.57 Å². The molecule has 2 atom stereocenters. The third kappa shape index (κ3) is 1.63. The lowest BCUT2D eigenvalue weighted by molar-refractivity contribution is -0.119. The molecule has 1 aliphatic heterocycles. The minimum Gasteiger partial charge on any atom is -0.492 e. The highest BCUT2D eigenvalue weighted by molar-refractivity contribution is 6.23. The van der Waals surface area contributed by atoms with Crippen LogP contribution in [-0.4, -0.2) is 16.9 Å². The van der Waals surface area contributed by atoms with Gasteiger partial charge in [-0.2, -0.15) is 0 Å². The highest BCUT2D eigenvalue weighted by Gasteiger charge is 2.33. The van der Waals surface area contributed by atoms with Crippen LogP contribution >= 0.6 is 0 Å². The predicted octanol–water partition coefficient (Wildman–Crippen LogP) is 3.22. The molecule has 1 N–H and O–H groups in total. The zero-order valence-corrected chi connectivity index (χ0v) is 10.7. The SMILES string of the molecule is O=C1C(c2ccc3[nH]ccc3c2)=COC2C=CC=CC12. The second-order valence-electron chi connectivity index (χ2n) is 5.07. The smallest absolute Gasteiger partial charge is 0.177 e. The van der Waals surface area contributed by atoms with Crippen molar-refractivity contribution in [2.24, 2.45) is 5.92 Å². The van der Waals surface area contributed by atoms with E-state index in [9.17, 15) is 4.79 Å². The van der Waals surface area contributed by atoms with Crippen molar-refractivity contribution in [3.8, 4) is 0 Å². The molecule has 0 spiro atoms. The number of hydrogen-bond donors (Lipinski definition) is 1. The van der Waals surface area contributed by atoms with Crippen LogP contribution in [0.25, 0.3) is 16.5 Å². The molecule has 1 aromatic carbocycles. The highest BCUT2D eigenvalue weighted by Crippen LogP contribution is 2.31. The monoisotopic (exact) mass is 263 g/mol. The molecule has 4 rings (SSSR count). The number of fused-ring (bicyclic) bond motifs is 2. The molecule has 3 heteroatoms. The van der Waals surface area contributed by atoms with Gasteiger partial charge in [-0.05, 0) is 35.2 Å². The van der Waals surface area contributed by atoms with E-state index in [1.807, 2.05) is 54.8 Å². The number of ether oxygens (including phenoxy) is 1. The van der Waals surface area contributed by atoms with Gasteiger partial charge in [-0.3, -0.25) is 4.79 Å². The Bertz CT molecular complexity index is 779. The first-order valence-electron chi connectivity index (χ1n) is 6.65. The van der Waals surface area contributed by atoms with Crippen molar-refractivity contribution in [1.29, 1.82) is 0 Å². The average molecular weight is 263 g/mol. The topological polar surface area (TPSA) is 42.1 Å². The van der Waals surface area contributed by atoms with Crippen molar-refractivity contribution in [3.05, 3.63) is 66.6 Å². The van der Waals surface area contributed by atoms with Gasteiger partial charge in [0.05, 0.1) is 17.8 Å². The van der Waals surface area contributed by atoms with E-state index in [2.05, 4.69) is 4.98 Å². The first-order chi connectivity index (χ1) is 9.83. The number of rotatable bonds is 1. The van der Waals surface area contributed by atoms with Crippen molar-refractivity contribution in [1.82, 2.24) is 4.98 Å². The van der Waals surface area contributed by atoms with Gasteiger partial charge in [0.2, 0.25) is 0 Å². The van der Waals surface area contributed by atoms with E-state index in [4.69, 9.17) is 4.74 Å². The van der Waals surface area contributed by atoms with Crippen LogP contribution in [0.4, 0.5) is 0 Å². The Labute approximate surface area is 116 Å². The Hall–Kier alpha value is -2.55. The van der Waals surface area contributed by atoms with E-state index in [1.54, 1.807) is 6.26 Å². The molecule has 1 aromatic heterocycles. The fourth-order valence-corrected chi connectivity index (χ4v) is 2.77. The first kappa shape index (κ1) is 11.3. The molecule has 0 amide bonds. The molecule has 2 aliphatic rings. The number of benzene rings is 1. The van der Waals surface area contributed by atoms with Crippen molar-refractivity contribution >= 4 is 22.3 Å². The number of carbonyl (C=O) groups excluding carboxylic acids is 1. The van der Waals surface area contributed by atoms with Gasteiger partial charge in [0, 0.05) is 11.7 Å². The summed E-state index contributed by atoms with van der Waals surface area (Å²) in [6, 6.07) is 7.96. The Morgan fingerprint density at radius 2 is 2.00 bits per heavy atom. The fraction of sp³-hybridized carbons (Fsp3) is 0.118. The van der Waals surface area contributed by atoms with E-state index < -0.39 is 0 Å². The van der Waals surface area contributed by atoms with Crippen molar-refractivity contribution in [3.63, 3.8) is 0 Å². The number of aromatic nitrogens is 1. The summed E-state index contributed by atoms with van der Waals surface area (Å²) >= 11 is 0. The zero-order chi connectivity index (χ0) is 13.5. The van der Waals surface area contributed by atoms with E-state index in [-0.39, 0.29) is 17.8 Å². The lowest BCUT2D eigenvalue weighted by Gasteiger charge is -2.28. The number of ketones is 1. The van der Waals surface area contributed by atoms with Crippen molar-refractivity contribution in [2.45, 2.75) is 6.10 Å². The standard InChI is InChI=1S/C17H13NO2/c19-17-13-3-1-2-4-16(13)20-10-14(17)11-5-6-15-12(9-11)7-8-18-15/h1-10,13,16,18H. The number of aromatic amines is 1. The maximum atomic E-state index is 12.6. The van der Waals surface area contributed by atoms with Crippen LogP contribution in [0, 0.1) is 5.92 Å². The number of Topliss-reactive ketones (excluding diaryl/α,β-unsaturated/α-hetero) is 1. The second-order valence-corrected chi connectivity index (χ2v) is 5.07. The third-order valence-electron chi connectivity index (χ3n) is 3.86. The van der Waals surface area contributed by atoms with Gasteiger partial charge in [0.15, 0.2) is 5.78 Å². The molecule has 0 saturated heterocycles. The number of nitrogens with one attached hydrogen (secondary N) is 1. The first-order valence-corrected chi connectivity index (χ1v) is 6.65. The molecule has 98 valence electrons. The lowest BCUT2D eigenvalue weighted by atomic mass is 9.85. The van der Waals surface area contributed by atoms with Gasteiger partial charge in [-0.1, -0.05) is 24.3 Å². The van der Waals surface area contributed by atoms with E-state index in [0.717, 1.165) is 16.5 Å². The maximum absolute atomic E-state index is 12.6. The summed E-state index contributed by atoms with van der Waals surface area (Å²) < 4.78 is 5.68. The highest BCUT2D eigenvalue weighted by atomic mass is 16.5. The van der Waals surface area contributed by atoms with Gasteiger partial charge < -0.3 is 9.72 Å². The predicted molar refractivity (Wildman–Crippen MR) is 77.9 cm³/mol. The molecule has 3 nitrogen and oxygen atoms in total.